The summed E-state index contributed by atoms with van der Waals surface area (Å²) in [5, 5.41) is 3.51. The Morgan fingerprint density at radius 3 is 2.41 bits per heavy atom. The highest BCUT2D eigenvalue weighted by Gasteiger charge is 2.24. The van der Waals surface area contributed by atoms with Gasteiger partial charge in [-0.25, -0.2) is 0 Å². The maximum Gasteiger partial charge on any atom is 0.253 e. The number of carbonyl (C=O) groups is 2. The topological polar surface area (TPSA) is 67.9 Å². The number of carbonyl (C=O) groups excluding carboxylic acids is 2. The Balaban J connectivity index is 1.51. The first-order chi connectivity index (χ1) is 14.0. The lowest BCUT2D eigenvalue weighted by Gasteiger charge is -2.32. The third-order valence-electron chi connectivity index (χ3n) is 5.17. The maximum atomic E-state index is 12.8. The van der Waals surface area contributed by atoms with Crippen LogP contribution in [-0.2, 0) is 0 Å². The Bertz CT molecular complexity index is 879. The number of nitrogens with one attached hydrogen (secondary N) is 1. The number of likely N-dealkylation sites (tertiary alicyclic amines) is 1. The lowest BCUT2D eigenvalue weighted by Crippen LogP contribution is -2.41. The summed E-state index contributed by atoms with van der Waals surface area (Å²) in [5.41, 5.74) is 1.13. The largest absolute Gasteiger partial charge is 0.493 e. The first kappa shape index (κ1) is 21.0. The van der Waals surface area contributed by atoms with E-state index in [9.17, 15) is 9.59 Å². The first-order valence-corrected chi connectivity index (χ1v) is 9.94. The third kappa shape index (κ3) is 5.21. The molecular weight excluding hydrogens is 392 g/mol. The number of benzene rings is 2. The molecule has 1 aliphatic heterocycles. The van der Waals surface area contributed by atoms with Gasteiger partial charge in [0.1, 0.15) is 0 Å². The molecule has 3 rings (SSSR count). The van der Waals surface area contributed by atoms with Gasteiger partial charge < -0.3 is 19.7 Å². The summed E-state index contributed by atoms with van der Waals surface area (Å²) in [4.78, 5) is 26.9. The van der Waals surface area contributed by atoms with Gasteiger partial charge >= 0.3 is 0 Å². The zero-order valence-corrected chi connectivity index (χ0v) is 17.4. The summed E-state index contributed by atoms with van der Waals surface area (Å²) in [6.07, 6.45) is 1.68. The predicted molar refractivity (Wildman–Crippen MR) is 112 cm³/mol. The molecule has 1 aliphatic rings. The number of nitrogens with zero attached hydrogens (tertiary/aromatic N) is 1. The van der Waals surface area contributed by atoms with Crippen LogP contribution in [0.15, 0.2) is 42.5 Å². The molecular formula is C22H25ClN2O4. The molecule has 1 N–H and O–H groups in total. The minimum absolute atomic E-state index is 0.0210. The predicted octanol–water partition coefficient (Wildman–Crippen LogP) is 3.64. The van der Waals surface area contributed by atoms with Gasteiger partial charge in [0.2, 0.25) is 0 Å². The molecule has 2 aromatic rings. The molecule has 0 atom stereocenters. The smallest absolute Gasteiger partial charge is 0.253 e. The molecule has 1 saturated heterocycles. The molecule has 2 amide bonds. The Morgan fingerprint density at radius 1 is 1.03 bits per heavy atom. The van der Waals surface area contributed by atoms with Gasteiger partial charge in [0, 0.05) is 35.8 Å². The van der Waals surface area contributed by atoms with Crippen LogP contribution in [0.3, 0.4) is 0 Å². The molecule has 154 valence electrons. The van der Waals surface area contributed by atoms with Crippen molar-refractivity contribution in [2.75, 3.05) is 33.9 Å². The molecule has 0 spiro atoms. The van der Waals surface area contributed by atoms with E-state index >= 15 is 0 Å². The SMILES string of the molecule is COc1ccc(C(=O)N2CCC(CNC(=O)c3cccc(Cl)c3)CC2)cc1OC. The van der Waals surface area contributed by atoms with E-state index in [4.69, 9.17) is 21.1 Å². The quantitative estimate of drug-likeness (QED) is 0.780. The van der Waals surface area contributed by atoms with E-state index in [-0.39, 0.29) is 11.8 Å². The zero-order valence-electron chi connectivity index (χ0n) is 16.6. The van der Waals surface area contributed by atoms with Crippen molar-refractivity contribution in [1.29, 1.82) is 0 Å². The number of methoxy groups -OCH3 is 2. The summed E-state index contributed by atoms with van der Waals surface area (Å²) in [7, 11) is 3.12. The van der Waals surface area contributed by atoms with Crippen LogP contribution in [0.1, 0.15) is 33.6 Å². The Kier molecular flexibility index (Phi) is 6.99. The molecule has 1 fully saturated rings. The molecule has 0 bridgehead atoms. The van der Waals surface area contributed by atoms with E-state index in [0.717, 1.165) is 12.8 Å². The van der Waals surface area contributed by atoms with E-state index in [0.29, 0.717) is 53.2 Å². The second kappa shape index (κ2) is 9.65. The normalized spacial score (nSPS) is 14.4. The second-order valence-electron chi connectivity index (χ2n) is 7.03. The summed E-state index contributed by atoms with van der Waals surface area (Å²) < 4.78 is 10.5. The molecule has 0 aromatic heterocycles. The summed E-state index contributed by atoms with van der Waals surface area (Å²) in [5.74, 6) is 1.33. The van der Waals surface area contributed by atoms with Gasteiger partial charge in [-0.3, -0.25) is 9.59 Å². The third-order valence-corrected chi connectivity index (χ3v) is 5.41. The fourth-order valence-electron chi connectivity index (χ4n) is 3.46. The van der Waals surface area contributed by atoms with Crippen molar-refractivity contribution in [1.82, 2.24) is 10.2 Å². The lowest BCUT2D eigenvalue weighted by molar-refractivity contribution is 0.0684. The maximum absolute atomic E-state index is 12.8. The Hall–Kier alpha value is -2.73. The minimum Gasteiger partial charge on any atom is -0.493 e. The number of rotatable bonds is 6. The average Bonchev–Trinajstić information content (AvgIpc) is 2.76. The fraction of sp³-hybridized carbons (Fsp3) is 0.364. The van der Waals surface area contributed by atoms with Crippen LogP contribution < -0.4 is 14.8 Å². The van der Waals surface area contributed by atoms with Crippen LogP contribution in [0.4, 0.5) is 0 Å². The minimum atomic E-state index is -0.128. The lowest BCUT2D eigenvalue weighted by atomic mass is 9.96. The number of halogens is 1. The molecule has 6 nitrogen and oxygen atoms in total. The van der Waals surface area contributed by atoms with Gasteiger partial charge in [-0.2, -0.15) is 0 Å². The van der Waals surface area contributed by atoms with E-state index in [1.165, 1.54) is 0 Å². The molecule has 0 radical (unpaired) electrons. The number of ether oxygens (including phenoxy) is 2. The van der Waals surface area contributed by atoms with Gasteiger partial charge in [0.05, 0.1) is 14.2 Å². The van der Waals surface area contributed by atoms with Gasteiger partial charge in [0.15, 0.2) is 11.5 Å². The Morgan fingerprint density at radius 2 is 1.76 bits per heavy atom. The summed E-state index contributed by atoms with van der Waals surface area (Å²) >= 11 is 5.94. The fourth-order valence-corrected chi connectivity index (χ4v) is 3.65. The van der Waals surface area contributed by atoms with Crippen molar-refractivity contribution in [3.05, 3.63) is 58.6 Å². The van der Waals surface area contributed by atoms with E-state index in [1.807, 2.05) is 4.90 Å². The highest BCUT2D eigenvalue weighted by molar-refractivity contribution is 6.30. The Labute approximate surface area is 175 Å². The molecule has 0 saturated carbocycles. The van der Waals surface area contributed by atoms with Gasteiger partial charge in [0.25, 0.3) is 11.8 Å². The number of amides is 2. The zero-order chi connectivity index (χ0) is 20.8. The highest BCUT2D eigenvalue weighted by atomic mass is 35.5. The molecule has 2 aromatic carbocycles. The standard InChI is InChI=1S/C22H25ClN2O4/c1-28-19-7-6-17(13-20(19)29-2)22(27)25-10-8-15(9-11-25)14-24-21(26)16-4-3-5-18(23)12-16/h3-7,12-13,15H,8-11,14H2,1-2H3,(H,24,26). The second-order valence-corrected chi connectivity index (χ2v) is 7.46. The van der Waals surface area contributed by atoms with Gasteiger partial charge in [-0.05, 0) is 55.2 Å². The van der Waals surface area contributed by atoms with Crippen LogP contribution >= 0.6 is 11.6 Å². The van der Waals surface area contributed by atoms with Crippen molar-refractivity contribution >= 4 is 23.4 Å². The van der Waals surface area contributed by atoms with Crippen LogP contribution in [0.25, 0.3) is 0 Å². The van der Waals surface area contributed by atoms with Crippen LogP contribution in [-0.4, -0.2) is 50.6 Å². The molecule has 0 unspecified atom stereocenters. The van der Waals surface area contributed by atoms with Gasteiger partial charge in [-0.1, -0.05) is 17.7 Å². The first-order valence-electron chi connectivity index (χ1n) is 9.57. The molecule has 1 heterocycles. The van der Waals surface area contributed by atoms with E-state index in [2.05, 4.69) is 5.32 Å². The monoisotopic (exact) mass is 416 g/mol. The van der Waals surface area contributed by atoms with Crippen molar-refractivity contribution < 1.29 is 19.1 Å². The molecule has 7 heteroatoms. The number of hydrogen-bond acceptors (Lipinski definition) is 4. The van der Waals surface area contributed by atoms with Crippen molar-refractivity contribution in [3.63, 3.8) is 0 Å². The van der Waals surface area contributed by atoms with Crippen LogP contribution in [0.5, 0.6) is 11.5 Å². The summed E-state index contributed by atoms with van der Waals surface area (Å²) in [6.45, 7) is 1.90. The van der Waals surface area contributed by atoms with Crippen molar-refractivity contribution in [2.45, 2.75) is 12.8 Å². The van der Waals surface area contributed by atoms with Crippen LogP contribution in [0, 0.1) is 5.92 Å². The number of piperidine rings is 1. The number of hydrogen-bond donors (Lipinski definition) is 1. The van der Waals surface area contributed by atoms with E-state index in [1.54, 1.807) is 56.7 Å². The van der Waals surface area contributed by atoms with Crippen molar-refractivity contribution in [2.24, 2.45) is 5.92 Å². The van der Waals surface area contributed by atoms with Gasteiger partial charge in [-0.15, -0.1) is 0 Å². The molecule has 0 aliphatic carbocycles. The van der Waals surface area contributed by atoms with Crippen LogP contribution in [0.2, 0.25) is 5.02 Å². The summed E-state index contributed by atoms with van der Waals surface area (Å²) in [6, 6.07) is 12.1. The molecule has 29 heavy (non-hydrogen) atoms. The van der Waals surface area contributed by atoms with Crippen molar-refractivity contribution in [3.8, 4) is 11.5 Å². The average molecular weight is 417 g/mol. The highest BCUT2D eigenvalue weighted by Crippen LogP contribution is 2.28. The van der Waals surface area contributed by atoms with E-state index < -0.39 is 0 Å².